The lowest BCUT2D eigenvalue weighted by molar-refractivity contribution is -0.141. The number of hydrogen-bond donors (Lipinski definition) is 1. The summed E-state index contributed by atoms with van der Waals surface area (Å²) in [6, 6.07) is 5.04. The summed E-state index contributed by atoms with van der Waals surface area (Å²) < 4.78 is 31.5. The highest BCUT2D eigenvalue weighted by atomic mass is 32.2. The monoisotopic (exact) mass is 313 g/mol. The van der Waals surface area contributed by atoms with E-state index in [0.29, 0.717) is 18.8 Å². The van der Waals surface area contributed by atoms with Gasteiger partial charge in [-0.2, -0.15) is 4.31 Å². The molecule has 2 rings (SSSR count). The minimum absolute atomic E-state index is 0.0892. The lowest BCUT2D eigenvalue weighted by Gasteiger charge is -2.22. The Morgan fingerprint density at radius 1 is 1.38 bits per heavy atom. The number of rotatable bonds is 5. The zero-order chi connectivity index (χ0) is 15.6. The molecule has 2 atom stereocenters. The van der Waals surface area contributed by atoms with Gasteiger partial charge in [0.15, 0.2) is 0 Å². The number of aliphatic carboxylic acids is 1. The average Bonchev–Trinajstić information content (AvgIpc) is 2.82. The maximum absolute atomic E-state index is 12.6. The Kier molecular flexibility index (Phi) is 4.53. The smallest absolute Gasteiger partial charge is 0.322 e. The summed E-state index contributed by atoms with van der Waals surface area (Å²) in [6.45, 7) is 4.32. The highest BCUT2D eigenvalue weighted by Gasteiger charge is 2.43. The fourth-order valence-corrected chi connectivity index (χ4v) is 4.25. The van der Waals surface area contributed by atoms with Crippen LogP contribution < -0.4 is 4.74 Å². The summed E-state index contributed by atoms with van der Waals surface area (Å²) in [4.78, 5) is 11.4. The van der Waals surface area contributed by atoms with E-state index in [0.717, 1.165) is 4.31 Å². The number of hydrogen-bond acceptors (Lipinski definition) is 4. The van der Waals surface area contributed by atoms with Gasteiger partial charge in [-0.15, -0.1) is 0 Å². The Hall–Kier alpha value is -1.60. The molecule has 1 aliphatic rings. The number of sulfonamides is 1. The number of ether oxygens (including phenoxy) is 1. The van der Waals surface area contributed by atoms with Gasteiger partial charge >= 0.3 is 5.97 Å². The molecule has 116 valence electrons. The molecule has 1 fully saturated rings. The molecule has 1 heterocycles. The lowest BCUT2D eigenvalue weighted by atomic mass is 10.0. The van der Waals surface area contributed by atoms with Crippen molar-refractivity contribution >= 4 is 16.0 Å². The van der Waals surface area contributed by atoms with Gasteiger partial charge in [0.25, 0.3) is 0 Å². The molecular formula is C14H19NO5S. The molecule has 1 aliphatic heterocycles. The number of nitrogens with zero attached hydrogens (tertiary/aromatic N) is 1. The maximum Gasteiger partial charge on any atom is 0.322 e. The van der Waals surface area contributed by atoms with Crippen LogP contribution in [-0.4, -0.2) is 43.0 Å². The number of carboxylic acid groups (broad SMARTS) is 1. The van der Waals surface area contributed by atoms with Crippen molar-refractivity contribution in [3.63, 3.8) is 0 Å². The van der Waals surface area contributed by atoms with E-state index in [4.69, 9.17) is 4.74 Å². The Bertz CT molecular complexity index is 611. The molecule has 0 amide bonds. The molecule has 0 bridgehead atoms. The number of benzene rings is 1. The van der Waals surface area contributed by atoms with Crippen LogP contribution in [0.15, 0.2) is 29.2 Å². The van der Waals surface area contributed by atoms with Gasteiger partial charge in [0, 0.05) is 6.54 Å². The molecular weight excluding hydrogens is 294 g/mol. The predicted molar refractivity (Wildman–Crippen MR) is 76.7 cm³/mol. The molecule has 0 aliphatic carbocycles. The molecule has 21 heavy (non-hydrogen) atoms. The minimum atomic E-state index is -3.80. The molecule has 0 radical (unpaired) electrons. The van der Waals surface area contributed by atoms with Crippen LogP contribution in [0.25, 0.3) is 0 Å². The van der Waals surface area contributed by atoms with Gasteiger partial charge in [0.2, 0.25) is 10.0 Å². The predicted octanol–water partition coefficient (Wildman–Crippen LogP) is 1.57. The van der Waals surface area contributed by atoms with Crippen LogP contribution in [0.5, 0.6) is 5.75 Å². The zero-order valence-electron chi connectivity index (χ0n) is 12.0. The van der Waals surface area contributed by atoms with E-state index in [1.807, 2.05) is 6.92 Å². The van der Waals surface area contributed by atoms with Gasteiger partial charge in [0.05, 0.1) is 11.5 Å². The minimum Gasteiger partial charge on any atom is -0.494 e. The largest absolute Gasteiger partial charge is 0.494 e. The second kappa shape index (κ2) is 6.03. The van der Waals surface area contributed by atoms with Crippen molar-refractivity contribution in [1.82, 2.24) is 4.31 Å². The highest BCUT2D eigenvalue weighted by molar-refractivity contribution is 7.89. The summed E-state index contributed by atoms with van der Waals surface area (Å²) in [6.07, 6.45) is 0.549. The Morgan fingerprint density at radius 3 is 2.52 bits per heavy atom. The van der Waals surface area contributed by atoms with E-state index in [9.17, 15) is 18.3 Å². The number of carboxylic acids is 1. The summed E-state index contributed by atoms with van der Waals surface area (Å²) in [5.74, 6) is -0.712. The normalized spacial score (nSPS) is 23.1. The Balaban J connectivity index is 2.31. The van der Waals surface area contributed by atoms with Gasteiger partial charge in [-0.05, 0) is 43.5 Å². The van der Waals surface area contributed by atoms with Crippen LogP contribution >= 0.6 is 0 Å². The van der Waals surface area contributed by atoms with Gasteiger partial charge in [0.1, 0.15) is 11.8 Å². The molecule has 1 aromatic rings. The Labute approximate surface area is 124 Å². The first-order valence-corrected chi connectivity index (χ1v) is 8.29. The second-order valence-electron chi connectivity index (χ2n) is 5.07. The van der Waals surface area contributed by atoms with E-state index >= 15 is 0 Å². The molecule has 1 N–H and O–H groups in total. The molecule has 0 aromatic heterocycles. The van der Waals surface area contributed by atoms with Crippen molar-refractivity contribution < 1.29 is 23.1 Å². The second-order valence-corrected chi connectivity index (χ2v) is 6.96. The van der Waals surface area contributed by atoms with Gasteiger partial charge < -0.3 is 9.84 Å². The van der Waals surface area contributed by atoms with Crippen molar-refractivity contribution in [3.8, 4) is 5.75 Å². The third-order valence-corrected chi connectivity index (χ3v) is 5.54. The van der Waals surface area contributed by atoms with Crippen molar-refractivity contribution in [3.05, 3.63) is 24.3 Å². The fourth-order valence-electron chi connectivity index (χ4n) is 2.56. The zero-order valence-corrected chi connectivity index (χ0v) is 12.8. The maximum atomic E-state index is 12.6. The third kappa shape index (κ3) is 3.03. The first-order valence-electron chi connectivity index (χ1n) is 6.85. The molecule has 1 saturated heterocycles. The standard InChI is InChI=1S/C14H19NO5S/c1-3-20-11-4-6-12(7-5-11)21(18,19)15-9-8-10(2)13(15)14(16)17/h4-7,10,13H,3,8-9H2,1-2H3,(H,16,17). The van der Waals surface area contributed by atoms with Crippen LogP contribution in [0.3, 0.4) is 0 Å². The van der Waals surface area contributed by atoms with Crippen molar-refractivity contribution in [1.29, 1.82) is 0 Å². The first kappa shape index (κ1) is 15.8. The number of carbonyl (C=O) groups is 1. The van der Waals surface area contributed by atoms with Crippen molar-refractivity contribution in [2.75, 3.05) is 13.2 Å². The topological polar surface area (TPSA) is 83.9 Å². The molecule has 0 saturated carbocycles. The van der Waals surface area contributed by atoms with E-state index in [-0.39, 0.29) is 17.4 Å². The molecule has 0 spiro atoms. The molecule has 2 unspecified atom stereocenters. The summed E-state index contributed by atoms with van der Waals surface area (Å²) in [5, 5.41) is 9.25. The van der Waals surface area contributed by atoms with Crippen LogP contribution in [0.2, 0.25) is 0 Å². The van der Waals surface area contributed by atoms with Crippen LogP contribution in [0, 0.1) is 5.92 Å². The molecule has 1 aromatic carbocycles. The Morgan fingerprint density at radius 2 is 2.00 bits per heavy atom. The van der Waals surface area contributed by atoms with Gasteiger partial charge in [-0.3, -0.25) is 4.79 Å². The van der Waals surface area contributed by atoms with Crippen molar-refractivity contribution in [2.24, 2.45) is 5.92 Å². The lowest BCUT2D eigenvalue weighted by Crippen LogP contribution is -2.42. The van der Waals surface area contributed by atoms with Crippen LogP contribution in [0.1, 0.15) is 20.3 Å². The van der Waals surface area contributed by atoms with E-state index in [1.54, 1.807) is 19.1 Å². The van der Waals surface area contributed by atoms with E-state index in [1.165, 1.54) is 12.1 Å². The highest BCUT2D eigenvalue weighted by Crippen LogP contribution is 2.30. The summed E-state index contributed by atoms with van der Waals surface area (Å²) >= 11 is 0. The van der Waals surface area contributed by atoms with Crippen molar-refractivity contribution in [2.45, 2.75) is 31.2 Å². The SMILES string of the molecule is CCOc1ccc(S(=O)(=O)N2CCC(C)C2C(=O)O)cc1. The summed E-state index contributed by atoms with van der Waals surface area (Å²) in [7, 11) is -3.80. The van der Waals surface area contributed by atoms with Gasteiger partial charge in [-0.25, -0.2) is 8.42 Å². The first-order chi connectivity index (χ1) is 9.87. The van der Waals surface area contributed by atoms with Gasteiger partial charge in [-0.1, -0.05) is 6.92 Å². The third-order valence-electron chi connectivity index (χ3n) is 3.65. The van der Waals surface area contributed by atoms with Crippen LogP contribution in [0.4, 0.5) is 0 Å². The van der Waals surface area contributed by atoms with E-state index in [2.05, 4.69) is 0 Å². The van der Waals surface area contributed by atoms with Crippen LogP contribution in [-0.2, 0) is 14.8 Å². The molecule has 7 heteroatoms. The average molecular weight is 313 g/mol. The summed E-state index contributed by atoms with van der Waals surface area (Å²) in [5.41, 5.74) is 0. The quantitative estimate of drug-likeness (QED) is 0.892. The molecule has 6 nitrogen and oxygen atoms in total. The van der Waals surface area contributed by atoms with E-state index < -0.39 is 22.0 Å². The fraction of sp³-hybridized carbons (Fsp3) is 0.500.